The van der Waals surface area contributed by atoms with Crippen LogP contribution in [-0.2, 0) is 51.0 Å². The number of aromatic nitrogens is 5. The molecule has 7 heterocycles. The number of aryl methyl sites for hydroxylation is 1. The van der Waals surface area contributed by atoms with Gasteiger partial charge in [0.15, 0.2) is 17.4 Å². The highest BCUT2D eigenvalue weighted by molar-refractivity contribution is 8.00. The van der Waals surface area contributed by atoms with Crippen molar-refractivity contribution in [2.45, 2.75) is 148 Å². The fourth-order valence-corrected chi connectivity index (χ4v) is 12.3. The zero-order valence-corrected chi connectivity index (χ0v) is 51.5. The van der Waals surface area contributed by atoms with Crippen LogP contribution in [0.3, 0.4) is 0 Å². The van der Waals surface area contributed by atoms with E-state index in [1.54, 1.807) is 55.7 Å². The Balaban J connectivity index is 0.910. The van der Waals surface area contributed by atoms with Crippen LogP contribution in [0.15, 0.2) is 58.4 Å². The van der Waals surface area contributed by atoms with E-state index >= 15 is 0 Å². The average Bonchev–Trinajstić information content (AvgIpc) is 1.49. The Labute approximate surface area is 511 Å². The van der Waals surface area contributed by atoms with Gasteiger partial charge in [-0.1, -0.05) is 57.6 Å². The molecule has 2 aromatic heterocycles. The van der Waals surface area contributed by atoms with Crippen molar-refractivity contribution in [3.8, 4) is 23.0 Å². The van der Waals surface area contributed by atoms with Gasteiger partial charge in [-0.2, -0.15) is 10.1 Å². The zero-order chi connectivity index (χ0) is 63.9. The number of aliphatic hydroxyl groups excluding tert-OH is 2. The number of ether oxygens (including phenoxy) is 6. The van der Waals surface area contributed by atoms with Crippen LogP contribution in [0.5, 0.6) is 23.0 Å². The molecule has 9 N–H and O–H groups in total. The number of benzene rings is 2. The van der Waals surface area contributed by atoms with E-state index in [0.717, 1.165) is 36.6 Å². The van der Waals surface area contributed by atoms with Crippen molar-refractivity contribution in [2.75, 3.05) is 50.2 Å². The maximum absolute atomic E-state index is 14.7. The minimum absolute atomic E-state index is 0.0234. The van der Waals surface area contributed by atoms with E-state index in [1.807, 2.05) is 0 Å². The van der Waals surface area contributed by atoms with Gasteiger partial charge >= 0.3 is 23.4 Å². The summed E-state index contributed by atoms with van der Waals surface area (Å²) in [6.45, 7) is 14.7. The Hall–Kier alpha value is -7.63. The highest BCUT2D eigenvalue weighted by atomic mass is 32.2. The Bertz CT molecular complexity index is 3420. The van der Waals surface area contributed by atoms with Crippen LogP contribution in [0.25, 0.3) is 10.8 Å². The van der Waals surface area contributed by atoms with Gasteiger partial charge in [-0.05, 0) is 52.2 Å². The second-order valence-electron chi connectivity index (χ2n) is 23.0. The lowest BCUT2D eigenvalue weighted by atomic mass is 9.78. The number of carbonyl (C=O) groups excluding carboxylic acids is 4. The molecule has 4 aromatic rings. The van der Waals surface area contributed by atoms with Crippen LogP contribution in [0, 0.1) is 36.4 Å². The summed E-state index contributed by atoms with van der Waals surface area (Å²) in [6.07, 6.45) is 10.4. The lowest BCUT2D eigenvalue weighted by Crippen LogP contribution is -2.46. The van der Waals surface area contributed by atoms with Crippen molar-refractivity contribution >= 4 is 63.9 Å². The first-order valence-electron chi connectivity index (χ1n) is 29.3. The van der Waals surface area contributed by atoms with E-state index in [0.29, 0.717) is 43.9 Å². The van der Waals surface area contributed by atoms with Gasteiger partial charge < -0.3 is 70.3 Å². The van der Waals surface area contributed by atoms with Crippen LogP contribution in [0.1, 0.15) is 114 Å². The molecule has 11 atom stereocenters. The van der Waals surface area contributed by atoms with Gasteiger partial charge in [0.2, 0.25) is 0 Å². The highest BCUT2D eigenvalue weighted by Crippen LogP contribution is 2.55. The third kappa shape index (κ3) is 14.9. The number of anilines is 2. The average molecular weight is 1250 g/mol. The summed E-state index contributed by atoms with van der Waals surface area (Å²) in [5.74, 6) is -10.3. The number of ketones is 1. The van der Waals surface area contributed by atoms with Crippen LogP contribution in [-0.4, -0.2) is 166 Å². The standard InChI is InChI=1S/C60H79FN10O16S/c1-30-14-13-15-31(2)58(80)65-48-39(25-64-69-21-16-37(17-22-69)63-19-11-10-12-20-70-26-38(67-68-70)24-43(73)83-28-44-86-42(29-88-44)71-27-40(61)57(62)66-59(71)81)52(77)45-46(53(48)78)51(76)35(6)55-47(45)56(79)60(8,87-55)84-23-18-41(82-9)32(3)54(85-36(7)72)34(5)50(75)33(4)49(30)74/h13-15,18,23,25-27,30,32-34,37,41-42,44,49-50,54,63,74-78H,10-12,16-17,19-22,24,28-29H2,1-9H3,(H,65,80)(H2,62,66,81)/b14-13+,23-18+,31-15-,64-25+/t30-,32+,33+,34+,41-,42?,44?,49-,50+,54+,60-/m0/s1. The van der Waals surface area contributed by atoms with Crippen molar-refractivity contribution in [3.63, 3.8) is 0 Å². The van der Waals surface area contributed by atoms with Crippen LogP contribution >= 0.6 is 11.8 Å². The van der Waals surface area contributed by atoms with Gasteiger partial charge in [-0.15, -0.1) is 16.9 Å². The Morgan fingerprint density at radius 3 is 2.44 bits per heavy atom. The number of thioether (sulfide) groups is 1. The number of hydrogen-bond acceptors (Lipinski definition) is 24. The number of allylic oxidation sites excluding steroid dienone is 2. The summed E-state index contributed by atoms with van der Waals surface area (Å²) in [6, 6.07) is 0.172. The Kier molecular flexibility index (Phi) is 21.6. The normalized spacial score (nSPS) is 27.9. The number of nitrogen functional groups attached to an aromatic ring is 1. The van der Waals surface area contributed by atoms with Crippen molar-refractivity contribution in [1.29, 1.82) is 0 Å². The quantitative estimate of drug-likeness (QED) is 0.0233. The zero-order valence-electron chi connectivity index (χ0n) is 50.7. The number of Topliss-reactive ketones (excluding diaryl/α,β-unsaturated/α-hetero) is 1. The van der Waals surface area contributed by atoms with Crippen molar-refractivity contribution < 1.29 is 77.5 Å². The molecule has 88 heavy (non-hydrogen) atoms. The predicted molar refractivity (Wildman–Crippen MR) is 322 cm³/mol. The monoisotopic (exact) mass is 1250 g/mol. The van der Waals surface area contributed by atoms with Crippen molar-refractivity contribution in [3.05, 3.63) is 87.2 Å². The number of rotatable bonds is 16. The van der Waals surface area contributed by atoms with Crippen LogP contribution in [0.2, 0.25) is 0 Å². The van der Waals surface area contributed by atoms with Crippen molar-refractivity contribution in [2.24, 2.45) is 28.8 Å². The molecule has 2 unspecified atom stereocenters. The number of aromatic hydroxyl groups is 3. The third-order valence-electron chi connectivity index (χ3n) is 16.6. The number of nitrogens with one attached hydrogen (secondary N) is 2. The molecule has 28 heteroatoms. The summed E-state index contributed by atoms with van der Waals surface area (Å²) in [5, 5.41) is 79.9. The number of unbranched alkanes of at least 4 members (excludes halogenated alkanes) is 2. The largest absolute Gasteiger partial charge is 0.507 e. The molecule has 2 fully saturated rings. The second kappa shape index (κ2) is 28.7. The number of hydrazone groups is 1. The molecule has 2 aromatic carbocycles. The molecular weight excluding hydrogens is 1170 g/mol. The number of methoxy groups -OCH3 is 1. The van der Waals surface area contributed by atoms with E-state index < -0.39 is 124 Å². The van der Waals surface area contributed by atoms with E-state index in [2.05, 4.69) is 25.9 Å². The molecule has 0 saturated carbocycles. The fourth-order valence-electron chi connectivity index (χ4n) is 11.3. The molecule has 5 aliphatic rings. The summed E-state index contributed by atoms with van der Waals surface area (Å²) in [4.78, 5) is 69.4. The lowest BCUT2D eigenvalue weighted by molar-refractivity contribution is -0.160. The van der Waals surface area contributed by atoms with E-state index in [4.69, 9.17) is 39.3 Å². The van der Waals surface area contributed by atoms with Gasteiger partial charge in [0.1, 0.15) is 41.6 Å². The number of fused-ring (bicyclic) bond motifs is 14. The number of amides is 1. The number of nitrogens with zero attached hydrogens (tertiary/aromatic N) is 7. The molecular formula is C60H79FN10O16S. The topological polar surface area (TPSA) is 356 Å². The highest BCUT2D eigenvalue weighted by Gasteiger charge is 2.50. The molecule has 2 saturated heterocycles. The molecule has 0 spiro atoms. The second-order valence-corrected chi connectivity index (χ2v) is 24.1. The first kappa shape index (κ1) is 66.3. The molecule has 0 radical (unpaired) electrons. The maximum atomic E-state index is 14.7. The van der Waals surface area contributed by atoms with Crippen LogP contribution < -0.4 is 26.8 Å². The van der Waals surface area contributed by atoms with Crippen molar-refractivity contribution in [1.82, 2.24) is 34.9 Å². The van der Waals surface area contributed by atoms with E-state index in [9.17, 15) is 53.9 Å². The lowest BCUT2D eigenvalue weighted by Gasteiger charge is -2.38. The van der Waals surface area contributed by atoms with Crippen LogP contribution in [0.4, 0.5) is 15.9 Å². The third-order valence-corrected chi connectivity index (χ3v) is 17.7. The number of hydrogen-bond donors (Lipinski definition) is 8. The SMILES string of the molecule is CO[C@H]1/C=C/O[C@@]2(C)Oc3c(C)c(O)c4c(O)c(c(/C=N/N5CCC(NCCCCCn6cc(CC(=O)OCC7OC(n8cc(F)c(N)nc8=O)CS7)nn6)CC5)c(O)c4c3C2=O)NC(=O)/C(C)=C\C=C\[C@H](C)[C@H](O)[C@@H](C)[C@@H](O)[C@@H](C)[C@H](OC(C)=O)[C@@H]1C. The summed E-state index contributed by atoms with van der Waals surface area (Å²) >= 11 is 1.31. The molecule has 478 valence electrons. The van der Waals surface area contributed by atoms with Gasteiger partial charge in [-0.3, -0.25) is 33.4 Å². The minimum atomic E-state index is -2.10. The first-order chi connectivity index (χ1) is 41.8. The summed E-state index contributed by atoms with van der Waals surface area (Å²) < 4.78 is 51.6. The summed E-state index contributed by atoms with van der Waals surface area (Å²) in [7, 11) is 1.43. The van der Waals surface area contributed by atoms with Gasteiger partial charge in [0.05, 0.1) is 71.3 Å². The molecule has 1 amide bonds. The maximum Gasteiger partial charge on any atom is 0.351 e. The molecule has 0 aliphatic carbocycles. The minimum Gasteiger partial charge on any atom is -0.507 e. The van der Waals surface area contributed by atoms with E-state index in [1.165, 1.54) is 71.2 Å². The van der Waals surface area contributed by atoms with Gasteiger partial charge in [0, 0.05) is 98.8 Å². The Morgan fingerprint density at radius 1 is 0.989 bits per heavy atom. The Morgan fingerprint density at radius 2 is 1.73 bits per heavy atom. The number of aliphatic hydroxyl groups is 2. The molecule has 5 aliphatic heterocycles. The van der Waals surface area contributed by atoms with E-state index in [-0.39, 0.29) is 63.5 Å². The smallest absolute Gasteiger partial charge is 0.351 e. The number of esters is 2. The van der Waals surface area contributed by atoms with Gasteiger partial charge in [-0.25, -0.2) is 9.18 Å². The number of piperidine rings is 1. The number of phenols is 3. The first-order valence-corrected chi connectivity index (χ1v) is 30.3. The predicted octanol–water partition coefficient (Wildman–Crippen LogP) is 5.26. The molecule has 26 nitrogen and oxygen atoms in total. The molecule has 5 bridgehead atoms. The van der Waals surface area contributed by atoms with Gasteiger partial charge in [0.25, 0.3) is 11.7 Å². The number of carbonyl (C=O) groups is 4. The number of phenolic OH excluding ortho intramolecular Hbond substituents is 3. The number of nitrogens with two attached hydrogens (primary N) is 1. The fraction of sp³-hybridized carbons (Fsp3) is 0.550. The number of halogens is 1. The summed E-state index contributed by atoms with van der Waals surface area (Å²) in [5.41, 5.74) is 3.95. The molecule has 9 rings (SSSR count).